The molecule has 13 heavy (non-hydrogen) atoms. The van der Waals surface area contributed by atoms with Gasteiger partial charge in [-0.2, -0.15) is 0 Å². The molecular weight excluding hydrogens is 234 g/mol. The minimum atomic E-state index is -0.201. The number of phenols is 2. The Morgan fingerprint density at radius 2 is 1.69 bits per heavy atom. The molecule has 0 spiro atoms. The number of hydrogen-bond acceptors (Lipinski definition) is 3. The molecule has 0 aromatic heterocycles. The number of fused-ring (bicyclic) bond motifs is 1. The van der Waals surface area contributed by atoms with Crippen LogP contribution in [0.2, 0.25) is 0 Å². The van der Waals surface area contributed by atoms with E-state index in [1.54, 1.807) is 0 Å². The number of nitrogens with two attached hydrogens (primary N) is 1. The lowest BCUT2D eigenvalue weighted by Gasteiger charge is -2.10. The molecule has 0 amide bonds. The molecule has 0 aliphatic heterocycles. The Labute approximate surface area is 84.3 Å². The molecular formula is C9H10BrNO2. The van der Waals surface area contributed by atoms with Crippen molar-refractivity contribution in [1.82, 2.24) is 0 Å². The summed E-state index contributed by atoms with van der Waals surface area (Å²) >= 11 is 3.25. The van der Waals surface area contributed by atoms with Crippen molar-refractivity contribution < 1.29 is 10.2 Å². The normalized spacial score (nSPS) is 14.5. The van der Waals surface area contributed by atoms with Crippen LogP contribution in [0.25, 0.3) is 0 Å². The predicted molar refractivity (Wildman–Crippen MR) is 53.9 cm³/mol. The SMILES string of the molecule is Nc1c(O)c(O)c(Br)c2c1CCC2. The maximum Gasteiger partial charge on any atom is 0.182 e. The van der Waals surface area contributed by atoms with Gasteiger partial charge in [0, 0.05) is 0 Å². The van der Waals surface area contributed by atoms with Crippen molar-refractivity contribution in [1.29, 1.82) is 0 Å². The van der Waals surface area contributed by atoms with Gasteiger partial charge >= 0.3 is 0 Å². The first-order valence-corrected chi connectivity index (χ1v) is 4.92. The molecule has 0 atom stereocenters. The molecule has 3 nitrogen and oxygen atoms in total. The summed E-state index contributed by atoms with van der Waals surface area (Å²) < 4.78 is 0.590. The quantitative estimate of drug-likeness (QED) is 0.482. The van der Waals surface area contributed by atoms with Gasteiger partial charge in [-0.1, -0.05) is 0 Å². The molecule has 2 rings (SSSR count). The highest BCUT2D eigenvalue weighted by molar-refractivity contribution is 9.10. The van der Waals surface area contributed by atoms with Crippen molar-refractivity contribution in [3.63, 3.8) is 0 Å². The molecule has 0 heterocycles. The molecule has 0 radical (unpaired) electrons. The summed E-state index contributed by atoms with van der Waals surface area (Å²) in [5.41, 5.74) is 8.01. The van der Waals surface area contributed by atoms with Crippen LogP contribution in [0.1, 0.15) is 17.5 Å². The summed E-state index contributed by atoms with van der Waals surface area (Å²) in [4.78, 5) is 0. The topological polar surface area (TPSA) is 66.5 Å². The van der Waals surface area contributed by atoms with E-state index in [2.05, 4.69) is 15.9 Å². The summed E-state index contributed by atoms with van der Waals surface area (Å²) in [6.45, 7) is 0. The smallest absolute Gasteiger partial charge is 0.182 e. The molecule has 0 unspecified atom stereocenters. The molecule has 0 saturated carbocycles. The summed E-state index contributed by atoms with van der Waals surface area (Å²) in [6.07, 6.45) is 2.82. The van der Waals surface area contributed by atoms with Crippen molar-refractivity contribution in [3.8, 4) is 11.5 Å². The third kappa shape index (κ3) is 1.09. The van der Waals surface area contributed by atoms with Crippen LogP contribution < -0.4 is 5.73 Å². The number of halogens is 1. The van der Waals surface area contributed by atoms with Crippen LogP contribution in [0.3, 0.4) is 0 Å². The number of nitrogen functional groups attached to an aromatic ring is 1. The van der Waals surface area contributed by atoms with Crippen LogP contribution in [0.15, 0.2) is 4.47 Å². The van der Waals surface area contributed by atoms with E-state index in [4.69, 9.17) is 5.73 Å². The first-order chi connectivity index (χ1) is 6.13. The zero-order valence-electron chi connectivity index (χ0n) is 6.97. The largest absolute Gasteiger partial charge is 0.503 e. The maximum absolute atomic E-state index is 9.47. The molecule has 0 fully saturated rings. The molecule has 70 valence electrons. The predicted octanol–water partition coefficient (Wildman–Crippen LogP) is 1.93. The van der Waals surface area contributed by atoms with E-state index in [-0.39, 0.29) is 11.5 Å². The van der Waals surface area contributed by atoms with Gasteiger partial charge in [-0.05, 0) is 46.3 Å². The molecule has 1 aromatic rings. The summed E-state index contributed by atoms with van der Waals surface area (Å²) in [5.74, 6) is -0.342. The van der Waals surface area contributed by atoms with E-state index in [1.807, 2.05) is 0 Å². The molecule has 1 aliphatic carbocycles. The lowest BCUT2D eigenvalue weighted by Crippen LogP contribution is -1.95. The second-order valence-corrected chi connectivity index (χ2v) is 4.03. The van der Waals surface area contributed by atoms with Crippen LogP contribution in [0, 0.1) is 0 Å². The Kier molecular flexibility index (Phi) is 1.87. The molecule has 4 N–H and O–H groups in total. The van der Waals surface area contributed by atoms with E-state index in [0.717, 1.165) is 30.4 Å². The Morgan fingerprint density at radius 3 is 2.38 bits per heavy atom. The van der Waals surface area contributed by atoms with Gasteiger partial charge in [0.25, 0.3) is 0 Å². The van der Waals surface area contributed by atoms with Gasteiger partial charge in [0.05, 0.1) is 10.2 Å². The van der Waals surface area contributed by atoms with Gasteiger partial charge < -0.3 is 15.9 Å². The van der Waals surface area contributed by atoms with Crippen molar-refractivity contribution in [3.05, 3.63) is 15.6 Å². The monoisotopic (exact) mass is 243 g/mol. The van der Waals surface area contributed by atoms with Gasteiger partial charge in [0.1, 0.15) is 0 Å². The Morgan fingerprint density at radius 1 is 1.08 bits per heavy atom. The zero-order chi connectivity index (χ0) is 9.59. The van der Waals surface area contributed by atoms with E-state index in [9.17, 15) is 10.2 Å². The van der Waals surface area contributed by atoms with Gasteiger partial charge in [-0.25, -0.2) is 0 Å². The third-order valence-corrected chi connectivity index (χ3v) is 3.35. The average molecular weight is 244 g/mol. The van der Waals surface area contributed by atoms with Gasteiger partial charge in [0.15, 0.2) is 11.5 Å². The minimum Gasteiger partial charge on any atom is -0.503 e. The average Bonchev–Trinajstić information content (AvgIpc) is 2.59. The Hall–Kier alpha value is -0.900. The maximum atomic E-state index is 9.47. The fourth-order valence-corrected chi connectivity index (χ4v) is 2.43. The number of phenolic OH excluding ortho intramolecular Hbond substituents is 2. The molecule has 1 aliphatic rings. The highest BCUT2D eigenvalue weighted by atomic mass is 79.9. The number of rotatable bonds is 0. The van der Waals surface area contributed by atoms with Crippen LogP contribution in [-0.2, 0) is 12.8 Å². The molecule has 1 aromatic carbocycles. The van der Waals surface area contributed by atoms with E-state index in [1.165, 1.54) is 0 Å². The number of aromatic hydroxyl groups is 2. The zero-order valence-corrected chi connectivity index (χ0v) is 8.56. The number of benzene rings is 1. The number of hydrogen-bond donors (Lipinski definition) is 3. The highest BCUT2D eigenvalue weighted by Crippen LogP contribution is 2.46. The van der Waals surface area contributed by atoms with Crippen LogP contribution in [0.4, 0.5) is 5.69 Å². The lowest BCUT2D eigenvalue weighted by molar-refractivity contribution is 0.402. The second kappa shape index (κ2) is 2.80. The summed E-state index contributed by atoms with van der Waals surface area (Å²) in [6, 6.07) is 0. The third-order valence-electron chi connectivity index (χ3n) is 2.50. The van der Waals surface area contributed by atoms with Crippen LogP contribution in [-0.4, -0.2) is 10.2 Å². The fraction of sp³-hybridized carbons (Fsp3) is 0.333. The highest BCUT2D eigenvalue weighted by Gasteiger charge is 2.23. The van der Waals surface area contributed by atoms with Gasteiger partial charge in [-0.3, -0.25) is 0 Å². The molecule has 4 heteroatoms. The van der Waals surface area contributed by atoms with Crippen molar-refractivity contribution in [2.75, 3.05) is 5.73 Å². The summed E-state index contributed by atoms with van der Waals surface area (Å²) in [7, 11) is 0. The van der Waals surface area contributed by atoms with Crippen molar-refractivity contribution >= 4 is 21.6 Å². The summed E-state index contributed by atoms with van der Waals surface area (Å²) in [5, 5.41) is 18.9. The first-order valence-electron chi connectivity index (χ1n) is 4.13. The van der Waals surface area contributed by atoms with E-state index in [0.29, 0.717) is 10.2 Å². The lowest BCUT2D eigenvalue weighted by atomic mass is 10.1. The van der Waals surface area contributed by atoms with Crippen molar-refractivity contribution in [2.24, 2.45) is 0 Å². The first kappa shape index (κ1) is 8.69. The molecule has 0 saturated heterocycles. The van der Waals surface area contributed by atoms with E-state index < -0.39 is 0 Å². The number of anilines is 1. The van der Waals surface area contributed by atoms with Crippen LogP contribution in [0.5, 0.6) is 11.5 Å². The minimum absolute atomic E-state index is 0.141. The molecule has 0 bridgehead atoms. The van der Waals surface area contributed by atoms with Crippen LogP contribution >= 0.6 is 15.9 Å². The van der Waals surface area contributed by atoms with Gasteiger partial charge in [0.2, 0.25) is 0 Å². The fourth-order valence-electron chi connectivity index (χ4n) is 1.80. The van der Waals surface area contributed by atoms with Gasteiger partial charge in [-0.15, -0.1) is 0 Å². The Bertz CT molecular complexity index is 342. The second-order valence-electron chi connectivity index (χ2n) is 3.24. The standard InChI is InChI=1S/C9H10BrNO2/c10-6-4-2-1-3-5(4)7(11)9(13)8(6)12/h12-13H,1-3,11H2. The van der Waals surface area contributed by atoms with Crippen molar-refractivity contribution in [2.45, 2.75) is 19.3 Å². The van der Waals surface area contributed by atoms with E-state index >= 15 is 0 Å². The Balaban J connectivity index is 2.77.